The van der Waals surface area contributed by atoms with Crippen molar-refractivity contribution in [1.82, 2.24) is 10.6 Å². The van der Waals surface area contributed by atoms with Crippen molar-refractivity contribution in [1.29, 1.82) is 0 Å². The Balaban J connectivity index is 0. The summed E-state index contributed by atoms with van der Waals surface area (Å²) in [6, 6.07) is 15.1. The molecule has 0 aliphatic carbocycles. The Morgan fingerprint density at radius 1 is 0.621 bits per heavy atom. The van der Waals surface area contributed by atoms with Crippen LogP contribution in [0.1, 0.15) is 0 Å². The summed E-state index contributed by atoms with van der Waals surface area (Å²) < 4.78 is 0. The zero-order chi connectivity index (χ0) is 21.0. The topological polar surface area (TPSA) is 98.7 Å². The van der Waals surface area contributed by atoms with E-state index < -0.39 is 0 Å². The molecule has 163 valence electrons. The minimum Gasteiger partial charge on any atom is -0.504 e. The molecule has 2 aromatic carbocycles. The Kier molecular flexibility index (Phi) is 21.5. The van der Waals surface area contributed by atoms with E-state index in [9.17, 15) is 9.59 Å². The quantitative estimate of drug-likeness (QED) is 0.352. The van der Waals surface area contributed by atoms with Crippen LogP contribution in [0.2, 0.25) is 0 Å². The van der Waals surface area contributed by atoms with E-state index in [1.165, 1.54) is 24.3 Å². The van der Waals surface area contributed by atoms with Gasteiger partial charge in [0.05, 0.1) is 0 Å². The SMILES string of the molecule is ClCCNCCNCCCl.O=c1cccccc1O.O=c1cccccc1O.[Co]. The van der Waals surface area contributed by atoms with Crippen LogP contribution >= 0.6 is 23.2 Å². The molecule has 0 saturated heterocycles. The summed E-state index contributed by atoms with van der Waals surface area (Å²) in [7, 11) is 0. The van der Waals surface area contributed by atoms with Gasteiger partial charge in [-0.25, -0.2) is 0 Å². The van der Waals surface area contributed by atoms with E-state index in [0.29, 0.717) is 11.8 Å². The van der Waals surface area contributed by atoms with Gasteiger partial charge >= 0.3 is 0 Å². The van der Waals surface area contributed by atoms with Crippen molar-refractivity contribution >= 4 is 23.2 Å². The number of hydrogen-bond donors (Lipinski definition) is 4. The minimum absolute atomic E-state index is 0. The van der Waals surface area contributed by atoms with Gasteiger partial charge < -0.3 is 20.8 Å². The molecular weight excluding hydrogens is 462 g/mol. The molecule has 0 bridgehead atoms. The zero-order valence-corrected chi connectivity index (χ0v) is 18.4. The number of halogens is 2. The maximum absolute atomic E-state index is 10.6. The van der Waals surface area contributed by atoms with Gasteiger partial charge in [-0.3, -0.25) is 9.59 Å². The molecule has 0 saturated carbocycles. The van der Waals surface area contributed by atoms with Crippen LogP contribution in [0.15, 0.2) is 70.3 Å². The van der Waals surface area contributed by atoms with E-state index in [1.807, 2.05) is 0 Å². The Morgan fingerprint density at radius 3 is 1.31 bits per heavy atom. The van der Waals surface area contributed by atoms with Crippen molar-refractivity contribution < 1.29 is 27.0 Å². The molecule has 2 aromatic rings. The average molecular weight is 488 g/mol. The third-order valence-corrected chi connectivity index (χ3v) is 3.35. The van der Waals surface area contributed by atoms with Gasteiger partial charge in [0.15, 0.2) is 11.5 Å². The Labute approximate surface area is 191 Å². The van der Waals surface area contributed by atoms with Crippen LogP contribution in [-0.2, 0) is 16.8 Å². The molecule has 0 aliphatic heterocycles. The van der Waals surface area contributed by atoms with E-state index in [-0.39, 0.29) is 39.1 Å². The maximum Gasteiger partial charge on any atom is 0.220 e. The molecule has 0 atom stereocenters. The van der Waals surface area contributed by atoms with Gasteiger partial charge in [0.2, 0.25) is 10.9 Å². The van der Waals surface area contributed by atoms with E-state index >= 15 is 0 Å². The van der Waals surface area contributed by atoms with Crippen LogP contribution in [0, 0.1) is 0 Å². The predicted octanol–water partition coefficient (Wildman–Crippen LogP) is 2.15. The van der Waals surface area contributed by atoms with Gasteiger partial charge in [-0.05, 0) is 24.3 Å². The van der Waals surface area contributed by atoms with Gasteiger partial charge in [0.1, 0.15) is 0 Å². The second-order valence-corrected chi connectivity index (χ2v) is 5.95. The molecule has 1 radical (unpaired) electrons. The fraction of sp³-hybridized carbons (Fsp3) is 0.300. The molecule has 0 heterocycles. The summed E-state index contributed by atoms with van der Waals surface area (Å²) in [6.45, 7) is 3.68. The minimum atomic E-state index is -0.347. The Hall–Kier alpha value is -1.61. The largest absolute Gasteiger partial charge is 0.504 e. The molecule has 0 spiro atoms. The van der Waals surface area contributed by atoms with Gasteiger partial charge in [0, 0.05) is 54.7 Å². The zero-order valence-electron chi connectivity index (χ0n) is 15.8. The van der Waals surface area contributed by atoms with Crippen molar-refractivity contribution in [2.24, 2.45) is 0 Å². The van der Waals surface area contributed by atoms with E-state index in [1.54, 1.807) is 36.4 Å². The summed E-state index contributed by atoms with van der Waals surface area (Å²) in [5.74, 6) is 0.936. The summed E-state index contributed by atoms with van der Waals surface area (Å²) in [6.07, 6.45) is 0. The smallest absolute Gasteiger partial charge is 0.220 e. The first kappa shape index (κ1) is 29.6. The fourth-order valence-corrected chi connectivity index (χ4v) is 1.87. The van der Waals surface area contributed by atoms with E-state index in [4.69, 9.17) is 33.4 Å². The molecule has 0 fully saturated rings. The monoisotopic (exact) mass is 487 g/mol. The second kappa shape index (κ2) is 21.1. The Morgan fingerprint density at radius 2 is 0.966 bits per heavy atom. The summed E-state index contributed by atoms with van der Waals surface area (Å²) in [4.78, 5) is 21.1. The number of nitrogens with one attached hydrogen (secondary N) is 2. The number of rotatable bonds is 7. The second-order valence-electron chi connectivity index (χ2n) is 5.20. The standard InChI is InChI=1S/2C7H6O2.C6H14Cl2N2.Co/c2*8-6-4-2-1-3-5-7(6)9;7-1-3-9-5-6-10-4-2-8;/h2*1-5H,(H,8,9);9-10H,1-6H2;. The summed E-state index contributed by atoms with van der Waals surface area (Å²) in [5.41, 5.74) is -0.694. The molecule has 4 N–H and O–H groups in total. The van der Waals surface area contributed by atoms with Gasteiger partial charge in [-0.15, -0.1) is 23.2 Å². The van der Waals surface area contributed by atoms with Crippen LogP contribution in [0.5, 0.6) is 11.5 Å². The molecule has 2 rings (SSSR count). The van der Waals surface area contributed by atoms with Gasteiger partial charge in [-0.2, -0.15) is 0 Å². The molecule has 0 amide bonds. The predicted molar refractivity (Wildman–Crippen MR) is 116 cm³/mol. The third kappa shape index (κ3) is 18.2. The van der Waals surface area contributed by atoms with E-state index in [0.717, 1.165) is 26.2 Å². The molecule has 29 heavy (non-hydrogen) atoms. The van der Waals surface area contributed by atoms with Crippen molar-refractivity contribution in [3.63, 3.8) is 0 Å². The molecule has 9 heteroatoms. The van der Waals surface area contributed by atoms with Crippen molar-refractivity contribution in [2.75, 3.05) is 37.9 Å². The van der Waals surface area contributed by atoms with Crippen LogP contribution < -0.4 is 21.5 Å². The van der Waals surface area contributed by atoms with Crippen LogP contribution in [0.25, 0.3) is 0 Å². The average Bonchev–Trinajstić information content (AvgIpc) is 3.00. The molecule has 0 aromatic heterocycles. The van der Waals surface area contributed by atoms with Crippen LogP contribution in [0.4, 0.5) is 0 Å². The van der Waals surface area contributed by atoms with Gasteiger partial charge in [0.25, 0.3) is 0 Å². The molecule has 0 unspecified atom stereocenters. The Bertz CT molecular complexity index is 705. The maximum atomic E-state index is 10.6. The normalized spacial score (nSPS) is 9.03. The van der Waals surface area contributed by atoms with Crippen molar-refractivity contribution in [2.45, 2.75) is 0 Å². The van der Waals surface area contributed by atoms with Crippen molar-refractivity contribution in [3.05, 3.63) is 81.1 Å². The fourth-order valence-electron chi connectivity index (χ4n) is 1.60. The van der Waals surface area contributed by atoms with Gasteiger partial charge in [-0.1, -0.05) is 36.4 Å². The van der Waals surface area contributed by atoms with Crippen LogP contribution in [-0.4, -0.2) is 48.2 Å². The molecular formula is C20H26Cl2CoN2O4. The number of hydrogen-bond acceptors (Lipinski definition) is 6. The van der Waals surface area contributed by atoms with Crippen LogP contribution in [0.3, 0.4) is 0 Å². The molecule has 0 aliphatic rings. The molecule has 6 nitrogen and oxygen atoms in total. The first-order valence-electron chi connectivity index (χ1n) is 8.63. The first-order valence-corrected chi connectivity index (χ1v) is 9.69. The first-order chi connectivity index (χ1) is 13.5. The number of aromatic hydroxyl groups is 2. The van der Waals surface area contributed by atoms with Crippen molar-refractivity contribution in [3.8, 4) is 11.5 Å². The summed E-state index contributed by atoms with van der Waals surface area (Å²) >= 11 is 10.9. The van der Waals surface area contributed by atoms with E-state index in [2.05, 4.69) is 10.6 Å². The third-order valence-electron chi connectivity index (χ3n) is 2.97. The number of alkyl halides is 2. The summed E-state index contributed by atoms with van der Waals surface area (Å²) in [5, 5.41) is 23.8.